The summed E-state index contributed by atoms with van der Waals surface area (Å²) in [5.41, 5.74) is -0.412. The van der Waals surface area contributed by atoms with Gasteiger partial charge in [-0.05, 0) is 57.4 Å². The highest BCUT2D eigenvalue weighted by Gasteiger charge is 2.51. The first-order chi connectivity index (χ1) is 10.1. The van der Waals surface area contributed by atoms with Crippen molar-refractivity contribution in [2.45, 2.75) is 82.5 Å². The van der Waals surface area contributed by atoms with Gasteiger partial charge < -0.3 is 4.74 Å². The molecule has 0 bridgehead atoms. The Labute approximate surface area is 128 Å². The molecule has 0 aromatic heterocycles. The largest absolute Gasteiger partial charge is 0.468 e. The molecule has 1 heterocycles. The number of likely N-dealkylation sites (tertiary alicyclic amines) is 1. The fraction of sp³-hybridized carbons (Fsp3) is 0.941. The number of carbonyl (C=O) groups excluding carboxylic acids is 1. The number of hydrogen-bond donors (Lipinski definition) is 1. The lowest BCUT2D eigenvalue weighted by molar-refractivity contribution is -0.148. The molecule has 3 fully saturated rings. The second kappa shape index (κ2) is 5.88. The summed E-state index contributed by atoms with van der Waals surface area (Å²) >= 11 is 0. The molecule has 3 unspecified atom stereocenters. The first-order valence-corrected chi connectivity index (χ1v) is 8.67. The fourth-order valence-corrected chi connectivity index (χ4v) is 4.48. The number of carbonyl (C=O) groups is 1. The molecular weight excluding hydrogens is 264 g/mol. The maximum Gasteiger partial charge on any atom is 0.326 e. The Balaban J connectivity index is 1.70. The number of rotatable bonds is 5. The molecule has 1 N–H and O–H groups in total. The average molecular weight is 294 g/mol. The predicted molar refractivity (Wildman–Crippen MR) is 83.1 cm³/mol. The highest BCUT2D eigenvalue weighted by molar-refractivity contribution is 5.81. The fourth-order valence-electron chi connectivity index (χ4n) is 4.48. The van der Waals surface area contributed by atoms with Gasteiger partial charge in [-0.3, -0.25) is 15.0 Å². The number of methoxy groups -OCH3 is 1. The molecule has 4 nitrogen and oxygen atoms in total. The van der Waals surface area contributed by atoms with Crippen molar-refractivity contribution in [2.24, 2.45) is 5.92 Å². The lowest BCUT2D eigenvalue weighted by atomic mass is 9.96. The van der Waals surface area contributed by atoms with E-state index in [0.29, 0.717) is 24.0 Å². The van der Waals surface area contributed by atoms with Gasteiger partial charge >= 0.3 is 5.97 Å². The Kier molecular flexibility index (Phi) is 4.28. The van der Waals surface area contributed by atoms with Crippen LogP contribution in [-0.4, -0.2) is 48.2 Å². The normalized spacial score (nSPS) is 37.3. The van der Waals surface area contributed by atoms with Crippen LogP contribution in [0.2, 0.25) is 0 Å². The molecule has 4 heteroatoms. The molecule has 1 aliphatic heterocycles. The Morgan fingerprint density at radius 2 is 2.05 bits per heavy atom. The van der Waals surface area contributed by atoms with Crippen molar-refractivity contribution >= 4 is 5.97 Å². The Morgan fingerprint density at radius 1 is 1.29 bits per heavy atom. The van der Waals surface area contributed by atoms with Crippen LogP contribution in [0.15, 0.2) is 0 Å². The van der Waals surface area contributed by atoms with E-state index in [1.807, 2.05) is 0 Å². The third kappa shape index (κ3) is 2.98. The van der Waals surface area contributed by atoms with Gasteiger partial charge in [0.1, 0.15) is 5.54 Å². The molecule has 3 rings (SSSR count). The molecule has 0 amide bonds. The quantitative estimate of drug-likeness (QED) is 0.790. The number of hydrogen-bond acceptors (Lipinski definition) is 4. The van der Waals surface area contributed by atoms with Crippen molar-refractivity contribution in [1.82, 2.24) is 10.2 Å². The monoisotopic (exact) mass is 294 g/mol. The van der Waals surface area contributed by atoms with Crippen LogP contribution in [0.25, 0.3) is 0 Å². The van der Waals surface area contributed by atoms with Gasteiger partial charge in [0.25, 0.3) is 0 Å². The minimum absolute atomic E-state index is 0.0443. The van der Waals surface area contributed by atoms with Crippen LogP contribution >= 0.6 is 0 Å². The molecule has 3 atom stereocenters. The zero-order valence-corrected chi connectivity index (χ0v) is 13.7. The van der Waals surface area contributed by atoms with Gasteiger partial charge in [0.05, 0.1) is 7.11 Å². The van der Waals surface area contributed by atoms with Crippen molar-refractivity contribution in [3.63, 3.8) is 0 Å². The molecule has 1 saturated heterocycles. The summed E-state index contributed by atoms with van der Waals surface area (Å²) in [4.78, 5) is 15.1. The number of nitrogens with zero attached hydrogens (tertiary/aromatic N) is 1. The van der Waals surface area contributed by atoms with Crippen LogP contribution in [0.1, 0.15) is 58.8 Å². The molecule has 0 aromatic carbocycles. The minimum Gasteiger partial charge on any atom is -0.468 e. The molecule has 2 saturated carbocycles. The molecular formula is C17H30N2O2. The summed E-state index contributed by atoms with van der Waals surface area (Å²) in [6, 6.07) is 1.79. The van der Waals surface area contributed by atoms with Gasteiger partial charge in [0.2, 0.25) is 0 Å². The Bertz CT molecular complexity index is 394. The van der Waals surface area contributed by atoms with Gasteiger partial charge in [-0.15, -0.1) is 0 Å². The SMILES string of the molecule is COC(=O)C1(NC2CC2)CCC(N2CCCC2C(C)C)C1. The lowest BCUT2D eigenvalue weighted by Crippen LogP contribution is -2.53. The van der Waals surface area contributed by atoms with Crippen LogP contribution in [0.3, 0.4) is 0 Å². The summed E-state index contributed by atoms with van der Waals surface area (Å²) < 4.78 is 5.13. The van der Waals surface area contributed by atoms with Crippen molar-refractivity contribution in [1.29, 1.82) is 0 Å². The van der Waals surface area contributed by atoms with E-state index in [-0.39, 0.29) is 5.97 Å². The predicted octanol–water partition coefficient (Wildman–Crippen LogP) is 2.32. The van der Waals surface area contributed by atoms with Gasteiger partial charge in [-0.25, -0.2) is 0 Å². The van der Waals surface area contributed by atoms with Crippen molar-refractivity contribution in [3.8, 4) is 0 Å². The maximum absolute atomic E-state index is 12.4. The van der Waals surface area contributed by atoms with Crippen molar-refractivity contribution in [2.75, 3.05) is 13.7 Å². The third-order valence-electron chi connectivity index (χ3n) is 5.70. The molecule has 0 aromatic rings. The number of esters is 1. The van der Waals surface area contributed by atoms with Crippen LogP contribution < -0.4 is 5.32 Å². The lowest BCUT2D eigenvalue weighted by Gasteiger charge is -2.34. The van der Waals surface area contributed by atoms with E-state index in [1.165, 1.54) is 39.3 Å². The summed E-state index contributed by atoms with van der Waals surface area (Å²) in [5.74, 6) is 0.661. The van der Waals surface area contributed by atoms with Crippen LogP contribution in [0.4, 0.5) is 0 Å². The van der Waals surface area contributed by atoms with Crippen molar-refractivity contribution < 1.29 is 9.53 Å². The summed E-state index contributed by atoms with van der Waals surface area (Å²) in [7, 11) is 1.53. The second-order valence-electron chi connectivity index (χ2n) is 7.58. The first kappa shape index (κ1) is 15.3. The van der Waals surface area contributed by atoms with Crippen LogP contribution in [0, 0.1) is 5.92 Å². The standard InChI is InChI=1S/C17H30N2O2/c1-12(2)15-5-4-10-19(15)14-8-9-17(11-14,16(20)21-3)18-13-6-7-13/h12-15,18H,4-11H2,1-3H3. The maximum atomic E-state index is 12.4. The number of ether oxygens (including phenoxy) is 1. The van der Waals surface area contributed by atoms with Crippen LogP contribution in [-0.2, 0) is 9.53 Å². The molecule has 0 spiro atoms. The molecule has 120 valence electrons. The van der Waals surface area contributed by atoms with Crippen molar-refractivity contribution in [3.05, 3.63) is 0 Å². The highest BCUT2D eigenvalue weighted by Crippen LogP contribution is 2.40. The molecule has 21 heavy (non-hydrogen) atoms. The third-order valence-corrected chi connectivity index (χ3v) is 5.70. The zero-order valence-electron chi connectivity index (χ0n) is 13.7. The van der Waals surface area contributed by atoms with E-state index in [9.17, 15) is 4.79 Å². The zero-order chi connectivity index (χ0) is 15.0. The number of nitrogens with one attached hydrogen (secondary N) is 1. The summed E-state index contributed by atoms with van der Waals surface area (Å²) in [5, 5.41) is 3.61. The van der Waals surface area contributed by atoms with Gasteiger partial charge in [-0.2, -0.15) is 0 Å². The van der Waals surface area contributed by atoms with E-state index in [0.717, 1.165) is 19.3 Å². The molecule has 2 aliphatic carbocycles. The highest BCUT2D eigenvalue weighted by atomic mass is 16.5. The average Bonchev–Trinajstić information content (AvgIpc) is 2.98. The molecule has 0 radical (unpaired) electrons. The summed E-state index contributed by atoms with van der Waals surface area (Å²) in [6.45, 7) is 5.86. The van der Waals surface area contributed by atoms with E-state index >= 15 is 0 Å². The van der Waals surface area contributed by atoms with E-state index < -0.39 is 5.54 Å². The minimum atomic E-state index is -0.412. The van der Waals surface area contributed by atoms with E-state index in [2.05, 4.69) is 24.1 Å². The van der Waals surface area contributed by atoms with Gasteiger partial charge in [0.15, 0.2) is 0 Å². The topological polar surface area (TPSA) is 41.6 Å². The molecule has 3 aliphatic rings. The smallest absolute Gasteiger partial charge is 0.326 e. The Morgan fingerprint density at radius 3 is 2.67 bits per heavy atom. The van der Waals surface area contributed by atoms with Gasteiger partial charge in [-0.1, -0.05) is 13.8 Å². The second-order valence-corrected chi connectivity index (χ2v) is 7.58. The first-order valence-electron chi connectivity index (χ1n) is 8.67. The van der Waals surface area contributed by atoms with Crippen LogP contribution in [0.5, 0.6) is 0 Å². The van der Waals surface area contributed by atoms with E-state index in [1.54, 1.807) is 0 Å². The Hall–Kier alpha value is -0.610. The summed E-state index contributed by atoms with van der Waals surface area (Å²) in [6.07, 6.45) is 8.03. The van der Waals surface area contributed by atoms with E-state index in [4.69, 9.17) is 4.74 Å². The van der Waals surface area contributed by atoms with Gasteiger partial charge in [0, 0.05) is 18.1 Å².